The number of hydrogen-bond acceptors (Lipinski definition) is 2. The molecule has 0 saturated heterocycles. The van der Waals surface area contributed by atoms with Gasteiger partial charge in [-0.2, -0.15) is 0 Å². The van der Waals surface area contributed by atoms with Gasteiger partial charge in [-0.3, -0.25) is 0 Å². The molecule has 0 unspecified atom stereocenters. The number of hydrogen-bond donors (Lipinski definition) is 2. The van der Waals surface area contributed by atoms with Crippen LogP contribution >= 0.6 is 12.6 Å². The van der Waals surface area contributed by atoms with Crippen molar-refractivity contribution >= 4 is 12.6 Å². The number of rotatable bonds is 1. The summed E-state index contributed by atoms with van der Waals surface area (Å²) >= 11 is 4.21. The number of aryl methyl sites for hydroxylation is 1. The first-order valence-electron chi connectivity index (χ1n) is 4.13. The Labute approximate surface area is 79.8 Å². The van der Waals surface area contributed by atoms with Crippen LogP contribution in [0, 0.1) is 6.92 Å². The second-order valence-electron chi connectivity index (χ2n) is 2.28. The molecule has 0 spiro atoms. The van der Waals surface area contributed by atoms with E-state index in [1.807, 2.05) is 39.0 Å². The Hall–Kier alpha value is -0.470. The van der Waals surface area contributed by atoms with E-state index >= 15 is 0 Å². The van der Waals surface area contributed by atoms with Crippen LogP contribution in [0.4, 0.5) is 0 Å². The normalized spacial score (nSPS) is 8.75. The predicted octanol–water partition coefficient (Wildman–Crippen LogP) is 2.80. The Kier molecular flexibility index (Phi) is 5.85. The summed E-state index contributed by atoms with van der Waals surface area (Å²) in [5.41, 5.74) is 2.05. The van der Waals surface area contributed by atoms with Crippen LogP contribution < -0.4 is 0 Å². The van der Waals surface area contributed by atoms with Gasteiger partial charge in [-0.1, -0.05) is 26.0 Å². The first kappa shape index (κ1) is 11.5. The molecule has 1 nitrogen and oxygen atoms in total. The fraction of sp³-hybridized carbons (Fsp3) is 0.400. The van der Waals surface area contributed by atoms with E-state index in [-0.39, 0.29) is 6.61 Å². The molecule has 0 bridgehead atoms. The molecule has 0 radical (unpaired) electrons. The van der Waals surface area contributed by atoms with E-state index in [2.05, 4.69) is 12.6 Å². The van der Waals surface area contributed by atoms with E-state index in [1.54, 1.807) is 0 Å². The second-order valence-corrected chi connectivity index (χ2v) is 2.76. The second kappa shape index (κ2) is 6.09. The van der Waals surface area contributed by atoms with Gasteiger partial charge in [0.25, 0.3) is 0 Å². The van der Waals surface area contributed by atoms with Crippen molar-refractivity contribution in [2.75, 3.05) is 0 Å². The Morgan fingerprint density at radius 2 is 1.92 bits per heavy atom. The summed E-state index contributed by atoms with van der Waals surface area (Å²) in [4.78, 5) is 0.937. The molecule has 0 saturated carbocycles. The highest BCUT2D eigenvalue weighted by Gasteiger charge is 1.93. The van der Waals surface area contributed by atoms with Crippen LogP contribution in [0.2, 0.25) is 0 Å². The minimum absolute atomic E-state index is 0.0911. The maximum absolute atomic E-state index is 8.72. The van der Waals surface area contributed by atoms with Gasteiger partial charge in [0.15, 0.2) is 0 Å². The van der Waals surface area contributed by atoms with Gasteiger partial charge in [0.2, 0.25) is 0 Å². The molecule has 68 valence electrons. The molecule has 0 aromatic heterocycles. The number of aliphatic hydroxyl groups is 1. The monoisotopic (exact) mass is 184 g/mol. The average molecular weight is 184 g/mol. The lowest BCUT2D eigenvalue weighted by Crippen LogP contribution is -1.83. The molecule has 1 aromatic rings. The van der Waals surface area contributed by atoms with Crippen LogP contribution in [0.1, 0.15) is 25.0 Å². The van der Waals surface area contributed by atoms with Gasteiger partial charge in [-0.05, 0) is 24.1 Å². The van der Waals surface area contributed by atoms with Crippen LogP contribution in [0.3, 0.4) is 0 Å². The highest BCUT2D eigenvalue weighted by atomic mass is 32.1. The summed E-state index contributed by atoms with van der Waals surface area (Å²) in [7, 11) is 0. The minimum Gasteiger partial charge on any atom is -0.392 e. The van der Waals surface area contributed by atoms with Crippen molar-refractivity contribution < 1.29 is 5.11 Å². The zero-order valence-electron chi connectivity index (χ0n) is 7.83. The van der Waals surface area contributed by atoms with Crippen LogP contribution in [0.5, 0.6) is 0 Å². The summed E-state index contributed by atoms with van der Waals surface area (Å²) < 4.78 is 0. The Bertz CT molecular complexity index is 233. The fourth-order valence-corrected chi connectivity index (χ4v) is 0.994. The van der Waals surface area contributed by atoms with Gasteiger partial charge in [-0.25, -0.2) is 0 Å². The van der Waals surface area contributed by atoms with Crippen molar-refractivity contribution in [3.63, 3.8) is 0 Å². The molecule has 0 amide bonds. The van der Waals surface area contributed by atoms with Crippen LogP contribution in [0.25, 0.3) is 0 Å². The van der Waals surface area contributed by atoms with Crippen molar-refractivity contribution in [3.8, 4) is 0 Å². The topological polar surface area (TPSA) is 20.2 Å². The molecule has 0 heterocycles. The van der Waals surface area contributed by atoms with Gasteiger partial charge in [0, 0.05) is 4.90 Å². The van der Waals surface area contributed by atoms with Gasteiger partial charge < -0.3 is 5.11 Å². The molecular weight excluding hydrogens is 168 g/mol. The number of thiol groups is 1. The third-order valence-corrected chi connectivity index (χ3v) is 1.94. The fourth-order valence-electron chi connectivity index (χ4n) is 0.753. The summed E-state index contributed by atoms with van der Waals surface area (Å²) in [5, 5.41) is 8.72. The molecule has 12 heavy (non-hydrogen) atoms. The molecule has 0 atom stereocenters. The van der Waals surface area contributed by atoms with E-state index < -0.39 is 0 Å². The molecule has 0 fully saturated rings. The zero-order chi connectivity index (χ0) is 9.56. The Morgan fingerprint density at radius 3 is 2.33 bits per heavy atom. The highest BCUT2D eigenvalue weighted by Crippen LogP contribution is 2.14. The molecule has 0 aliphatic carbocycles. The third kappa shape index (κ3) is 3.28. The summed E-state index contributed by atoms with van der Waals surface area (Å²) in [5.74, 6) is 0. The lowest BCUT2D eigenvalue weighted by atomic mass is 10.2. The minimum atomic E-state index is 0.0911. The molecule has 2 heteroatoms. The molecule has 0 aliphatic rings. The van der Waals surface area contributed by atoms with Crippen molar-refractivity contribution in [1.29, 1.82) is 0 Å². The lowest BCUT2D eigenvalue weighted by molar-refractivity contribution is 0.281. The van der Waals surface area contributed by atoms with E-state index in [9.17, 15) is 0 Å². The number of aliphatic hydroxyl groups excluding tert-OH is 1. The Balaban J connectivity index is 0.000000561. The van der Waals surface area contributed by atoms with E-state index in [4.69, 9.17) is 5.11 Å². The molecule has 1 N–H and O–H groups in total. The highest BCUT2D eigenvalue weighted by molar-refractivity contribution is 7.80. The van der Waals surface area contributed by atoms with E-state index in [0.717, 1.165) is 16.0 Å². The SMILES string of the molecule is CC.Cc1ccc(CO)cc1S. The quantitative estimate of drug-likeness (QED) is 0.643. The van der Waals surface area contributed by atoms with E-state index in [0.29, 0.717) is 0 Å². The van der Waals surface area contributed by atoms with Crippen LogP contribution in [-0.4, -0.2) is 5.11 Å². The molecule has 0 aliphatic heterocycles. The van der Waals surface area contributed by atoms with Gasteiger partial charge in [0.05, 0.1) is 6.61 Å². The number of benzene rings is 1. The lowest BCUT2D eigenvalue weighted by Gasteiger charge is -1.99. The van der Waals surface area contributed by atoms with Crippen molar-refractivity contribution in [2.45, 2.75) is 32.3 Å². The maximum Gasteiger partial charge on any atom is 0.0682 e. The van der Waals surface area contributed by atoms with Crippen molar-refractivity contribution in [1.82, 2.24) is 0 Å². The Morgan fingerprint density at radius 1 is 1.33 bits per heavy atom. The zero-order valence-corrected chi connectivity index (χ0v) is 8.73. The van der Waals surface area contributed by atoms with Gasteiger partial charge in [-0.15, -0.1) is 12.6 Å². The maximum atomic E-state index is 8.72. The summed E-state index contributed by atoms with van der Waals surface area (Å²) in [6, 6.07) is 5.72. The molecule has 1 rings (SSSR count). The van der Waals surface area contributed by atoms with Crippen molar-refractivity contribution in [3.05, 3.63) is 29.3 Å². The van der Waals surface area contributed by atoms with Gasteiger partial charge >= 0.3 is 0 Å². The molecule has 1 aromatic carbocycles. The first-order chi connectivity index (χ1) is 5.74. The van der Waals surface area contributed by atoms with Crippen molar-refractivity contribution in [2.24, 2.45) is 0 Å². The first-order valence-corrected chi connectivity index (χ1v) is 4.58. The predicted molar refractivity (Wildman–Crippen MR) is 55.7 cm³/mol. The smallest absolute Gasteiger partial charge is 0.0682 e. The largest absolute Gasteiger partial charge is 0.392 e. The summed E-state index contributed by atoms with van der Waals surface area (Å²) in [6.45, 7) is 6.08. The summed E-state index contributed by atoms with van der Waals surface area (Å²) in [6.07, 6.45) is 0. The van der Waals surface area contributed by atoms with E-state index in [1.165, 1.54) is 0 Å². The standard InChI is InChI=1S/C8H10OS.C2H6/c1-6-2-3-7(5-9)4-8(6)10;1-2/h2-4,9-10H,5H2,1H3;1-2H3. The van der Waals surface area contributed by atoms with Gasteiger partial charge in [0.1, 0.15) is 0 Å². The average Bonchev–Trinajstić information content (AvgIpc) is 2.13. The van der Waals surface area contributed by atoms with Crippen LogP contribution in [0.15, 0.2) is 23.1 Å². The van der Waals surface area contributed by atoms with Crippen LogP contribution in [-0.2, 0) is 6.61 Å². The molecular formula is C10H16OS. The third-order valence-electron chi connectivity index (χ3n) is 1.46.